The van der Waals surface area contributed by atoms with E-state index >= 15 is 0 Å². The highest BCUT2D eigenvalue weighted by Crippen LogP contribution is 2.12. The van der Waals surface area contributed by atoms with Crippen LogP contribution in [0.5, 0.6) is 0 Å². The van der Waals surface area contributed by atoms with Gasteiger partial charge in [-0.05, 0) is 30.7 Å². The SMILES string of the molecule is Cc1ccccc1NC(=O)C(=O)NCc1nnc2ccccn12. The average Bonchev–Trinajstić information content (AvgIpc) is 2.98. The minimum atomic E-state index is -0.721. The van der Waals surface area contributed by atoms with Gasteiger partial charge in [0.15, 0.2) is 11.5 Å². The lowest BCUT2D eigenvalue weighted by Gasteiger charge is -2.08. The number of anilines is 1. The highest BCUT2D eigenvalue weighted by atomic mass is 16.2. The molecule has 3 rings (SSSR count). The molecule has 0 saturated carbocycles. The van der Waals surface area contributed by atoms with Crippen molar-refractivity contribution < 1.29 is 9.59 Å². The third-order valence-corrected chi connectivity index (χ3v) is 3.39. The topological polar surface area (TPSA) is 88.4 Å². The zero-order chi connectivity index (χ0) is 16.2. The molecule has 0 unspecified atom stereocenters. The number of para-hydroxylation sites is 1. The van der Waals surface area contributed by atoms with Gasteiger partial charge in [-0.2, -0.15) is 0 Å². The van der Waals surface area contributed by atoms with Crippen LogP contribution in [0.15, 0.2) is 48.7 Å². The summed E-state index contributed by atoms with van der Waals surface area (Å²) in [5.41, 5.74) is 2.18. The number of aryl methyl sites for hydroxylation is 1. The number of hydrogen-bond donors (Lipinski definition) is 2. The number of amides is 2. The molecule has 2 aromatic heterocycles. The molecule has 2 heterocycles. The number of nitrogens with zero attached hydrogens (tertiary/aromatic N) is 3. The Labute approximate surface area is 132 Å². The first kappa shape index (κ1) is 14.7. The smallest absolute Gasteiger partial charge is 0.313 e. The van der Waals surface area contributed by atoms with Crippen LogP contribution in [-0.2, 0) is 16.1 Å². The van der Waals surface area contributed by atoms with Gasteiger partial charge >= 0.3 is 11.8 Å². The molecule has 0 spiro atoms. The zero-order valence-corrected chi connectivity index (χ0v) is 12.5. The minimum absolute atomic E-state index is 0.116. The number of carbonyl (C=O) groups excluding carboxylic acids is 2. The molecule has 0 aliphatic carbocycles. The summed E-state index contributed by atoms with van der Waals surface area (Å²) in [6, 6.07) is 12.8. The summed E-state index contributed by atoms with van der Waals surface area (Å²) < 4.78 is 1.75. The maximum absolute atomic E-state index is 11.9. The molecule has 0 atom stereocenters. The Bertz CT molecular complexity index is 872. The number of nitrogens with one attached hydrogen (secondary N) is 2. The van der Waals surface area contributed by atoms with Crippen LogP contribution in [0.25, 0.3) is 5.65 Å². The third kappa shape index (κ3) is 3.18. The molecule has 0 radical (unpaired) electrons. The van der Waals surface area contributed by atoms with E-state index < -0.39 is 11.8 Å². The summed E-state index contributed by atoms with van der Waals surface area (Å²) in [4.78, 5) is 23.8. The molecule has 116 valence electrons. The van der Waals surface area contributed by atoms with E-state index in [0.717, 1.165) is 5.56 Å². The van der Waals surface area contributed by atoms with Crippen molar-refractivity contribution >= 4 is 23.1 Å². The number of rotatable bonds is 3. The van der Waals surface area contributed by atoms with Crippen molar-refractivity contribution in [2.45, 2.75) is 13.5 Å². The van der Waals surface area contributed by atoms with Gasteiger partial charge in [0.05, 0.1) is 6.54 Å². The van der Waals surface area contributed by atoms with Gasteiger partial charge < -0.3 is 10.6 Å². The van der Waals surface area contributed by atoms with Crippen molar-refractivity contribution in [2.24, 2.45) is 0 Å². The molecule has 0 saturated heterocycles. The highest BCUT2D eigenvalue weighted by molar-refractivity contribution is 6.39. The Hall–Kier alpha value is -3.22. The predicted molar refractivity (Wildman–Crippen MR) is 84.6 cm³/mol. The van der Waals surface area contributed by atoms with Crippen LogP contribution >= 0.6 is 0 Å². The first-order valence-electron chi connectivity index (χ1n) is 7.08. The molecule has 7 heteroatoms. The summed E-state index contributed by atoms with van der Waals surface area (Å²) in [7, 11) is 0. The van der Waals surface area contributed by atoms with Gasteiger partial charge in [0.25, 0.3) is 0 Å². The number of benzene rings is 1. The van der Waals surface area contributed by atoms with Gasteiger partial charge in [-0.25, -0.2) is 0 Å². The Morgan fingerprint density at radius 3 is 2.65 bits per heavy atom. The molecule has 7 nitrogen and oxygen atoms in total. The number of aromatic nitrogens is 3. The van der Waals surface area contributed by atoms with E-state index in [-0.39, 0.29) is 6.54 Å². The fourth-order valence-electron chi connectivity index (χ4n) is 2.14. The molecular formula is C16H15N5O2. The van der Waals surface area contributed by atoms with Crippen molar-refractivity contribution in [1.29, 1.82) is 0 Å². The third-order valence-electron chi connectivity index (χ3n) is 3.39. The van der Waals surface area contributed by atoms with Crippen molar-refractivity contribution in [2.75, 3.05) is 5.32 Å². The Kier molecular flexibility index (Phi) is 4.01. The summed E-state index contributed by atoms with van der Waals surface area (Å²) >= 11 is 0. The number of carbonyl (C=O) groups is 2. The van der Waals surface area contributed by atoms with Crippen LogP contribution in [0, 0.1) is 6.92 Å². The lowest BCUT2D eigenvalue weighted by molar-refractivity contribution is -0.136. The lowest BCUT2D eigenvalue weighted by Crippen LogP contribution is -2.35. The average molecular weight is 309 g/mol. The molecule has 0 bridgehead atoms. The second-order valence-corrected chi connectivity index (χ2v) is 5.00. The maximum Gasteiger partial charge on any atom is 0.313 e. The fraction of sp³-hybridized carbons (Fsp3) is 0.125. The number of hydrogen-bond acceptors (Lipinski definition) is 4. The van der Waals surface area contributed by atoms with Gasteiger partial charge in [0, 0.05) is 11.9 Å². The van der Waals surface area contributed by atoms with E-state index in [4.69, 9.17) is 0 Å². The lowest BCUT2D eigenvalue weighted by atomic mass is 10.2. The van der Waals surface area contributed by atoms with Gasteiger partial charge in [-0.15, -0.1) is 10.2 Å². The number of pyridine rings is 1. The Morgan fingerprint density at radius 1 is 1.04 bits per heavy atom. The second kappa shape index (κ2) is 6.27. The van der Waals surface area contributed by atoms with Gasteiger partial charge in [-0.3, -0.25) is 14.0 Å². The molecule has 0 aliphatic heterocycles. The van der Waals surface area contributed by atoms with Gasteiger partial charge in [-0.1, -0.05) is 24.3 Å². The summed E-state index contributed by atoms with van der Waals surface area (Å²) in [6.07, 6.45) is 1.80. The van der Waals surface area contributed by atoms with Gasteiger partial charge in [0.2, 0.25) is 0 Å². The van der Waals surface area contributed by atoms with Crippen LogP contribution in [0.2, 0.25) is 0 Å². The van der Waals surface area contributed by atoms with Crippen molar-refractivity contribution in [3.8, 4) is 0 Å². The van der Waals surface area contributed by atoms with Crippen LogP contribution in [-0.4, -0.2) is 26.4 Å². The Balaban J connectivity index is 1.63. The standard InChI is InChI=1S/C16H15N5O2/c1-11-6-2-3-7-12(11)18-16(23)15(22)17-10-14-20-19-13-8-4-5-9-21(13)14/h2-9H,10H2,1H3,(H,17,22)(H,18,23). The fourth-order valence-corrected chi connectivity index (χ4v) is 2.14. The van der Waals surface area contributed by atoms with Crippen LogP contribution in [0.4, 0.5) is 5.69 Å². The van der Waals surface area contributed by atoms with Crippen LogP contribution in [0.1, 0.15) is 11.4 Å². The molecule has 0 fully saturated rings. The molecule has 2 N–H and O–H groups in total. The van der Waals surface area contributed by atoms with E-state index in [1.807, 2.05) is 37.3 Å². The first-order chi connectivity index (χ1) is 11.1. The minimum Gasteiger partial charge on any atom is -0.341 e. The maximum atomic E-state index is 11.9. The van der Waals surface area contributed by atoms with E-state index in [2.05, 4.69) is 20.8 Å². The molecular weight excluding hydrogens is 294 g/mol. The normalized spacial score (nSPS) is 10.5. The zero-order valence-electron chi connectivity index (χ0n) is 12.5. The largest absolute Gasteiger partial charge is 0.341 e. The van der Waals surface area contributed by atoms with Crippen LogP contribution in [0.3, 0.4) is 0 Å². The summed E-state index contributed by atoms with van der Waals surface area (Å²) in [5, 5.41) is 13.1. The monoisotopic (exact) mass is 309 g/mol. The molecule has 3 aromatic rings. The predicted octanol–water partition coefficient (Wildman–Crippen LogP) is 1.29. The van der Waals surface area contributed by atoms with Gasteiger partial charge in [0.1, 0.15) is 0 Å². The van der Waals surface area contributed by atoms with E-state index in [1.165, 1.54) is 0 Å². The first-order valence-corrected chi connectivity index (χ1v) is 7.08. The van der Waals surface area contributed by atoms with E-state index in [9.17, 15) is 9.59 Å². The molecule has 0 aliphatic rings. The van der Waals surface area contributed by atoms with Crippen molar-refractivity contribution in [1.82, 2.24) is 19.9 Å². The summed E-state index contributed by atoms with van der Waals surface area (Å²) in [6.45, 7) is 1.97. The highest BCUT2D eigenvalue weighted by Gasteiger charge is 2.15. The summed E-state index contributed by atoms with van der Waals surface area (Å²) in [5.74, 6) is -0.883. The van der Waals surface area contributed by atoms with Crippen molar-refractivity contribution in [3.63, 3.8) is 0 Å². The Morgan fingerprint density at radius 2 is 1.83 bits per heavy atom. The molecule has 23 heavy (non-hydrogen) atoms. The number of fused-ring (bicyclic) bond motifs is 1. The second-order valence-electron chi connectivity index (χ2n) is 5.00. The van der Waals surface area contributed by atoms with Crippen molar-refractivity contribution in [3.05, 3.63) is 60.0 Å². The van der Waals surface area contributed by atoms with E-state index in [1.54, 1.807) is 22.7 Å². The van der Waals surface area contributed by atoms with Crippen LogP contribution < -0.4 is 10.6 Å². The molecule has 1 aromatic carbocycles. The quantitative estimate of drug-likeness (QED) is 0.714. The van der Waals surface area contributed by atoms with E-state index in [0.29, 0.717) is 17.2 Å². The molecule has 2 amide bonds.